The zero-order valence-electron chi connectivity index (χ0n) is 17.9. The predicted molar refractivity (Wildman–Crippen MR) is 123 cm³/mol. The first kappa shape index (κ1) is 21.7. The lowest BCUT2D eigenvalue weighted by molar-refractivity contribution is -0.131. The van der Waals surface area contributed by atoms with Gasteiger partial charge in [-0.25, -0.2) is 0 Å². The van der Waals surface area contributed by atoms with Crippen molar-refractivity contribution in [2.24, 2.45) is 5.92 Å². The number of methoxy groups -OCH3 is 1. The molecule has 0 bridgehead atoms. The first-order chi connectivity index (χ1) is 16.0. The van der Waals surface area contributed by atoms with E-state index < -0.39 is 30.2 Å². The Morgan fingerprint density at radius 2 is 2.03 bits per heavy atom. The van der Waals surface area contributed by atoms with E-state index >= 15 is 0 Å². The number of aliphatic hydroxyl groups is 2. The van der Waals surface area contributed by atoms with E-state index in [1.165, 1.54) is 0 Å². The molecule has 2 aromatic rings. The lowest BCUT2D eigenvalue weighted by Gasteiger charge is -2.41. The second-order valence-corrected chi connectivity index (χ2v) is 8.69. The molecular formula is C23H25N3O6S. The third kappa shape index (κ3) is 3.84. The molecule has 1 aliphatic carbocycles. The van der Waals surface area contributed by atoms with E-state index in [-0.39, 0.29) is 25.7 Å². The van der Waals surface area contributed by atoms with Gasteiger partial charge in [-0.15, -0.1) is 0 Å². The quantitative estimate of drug-likeness (QED) is 0.473. The molecule has 2 aromatic carbocycles. The second-order valence-electron chi connectivity index (χ2n) is 8.30. The maximum Gasteiger partial charge on any atom is 0.231 e. The molecule has 5 atom stereocenters. The summed E-state index contributed by atoms with van der Waals surface area (Å²) in [6.45, 7) is 0.420. The Morgan fingerprint density at radius 3 is 2.85 bits per heavy atom. The van der Waals surface area contributed by atoms with Crippen molar-refractivity contribution in [1.82, 2.24) is 10.6 Å². The van der Waals surface area contributed by atoms with E-state index in [0.717, 1.165) is 11.3 Å². The number of thiocarbonyl (C=S) groups is 1. The van der Waals surface area contributed by atoms with Crippen molar-refractivity contribution >= 4 is 28.9 Å². The van der Waals surface area contributed by atoms with Crippen molar-refractivity contribution in [3.05, 3.63) is 48.0 Å². The number of benzene rings is 2. The molecule has 10 heteroatoms. The number of rotatable bonds is 5. The van der Waals surface area contributed by atoms with E-state index in [2.05, 4.69) is 10.6 Å². The summed E-state index contributed by atoms with van der Waals surface area (Å²) in [5.41, 5.74) is 1.56. The normalized spacial score (nSPS) is 27.7. The zero-order valence-corrected chi connectivity index (χ0v) is 18.7. The van der Waals surface area contributed by atoms with Crippen molar-refractivity contribution < 1.29 is 29.2 Å². The number of carbonyl (C=O) groups excluding carboxylic acids is 1. The van der Waals surface area contributed by atoms with Crippen molar-refractivity contribution in [2.75, 3.05) is 18.8 Å². The highest BCUT2D eigenvalue weighted by molar-refractivity contribution is 7.80. The number of aliphatic hydroxyl groups excluding tert-OH is 2. The molecule has 1 amide bonds. The Morgan fingerprint density at radius 1 is 1.24 bits per heavy atom. The number of anilines is 1. The van der Waals surface area contributed by atoms with Crippen LogP contribution in [0.2, 0.25) is 0 Å². The third-order valence-electron chi connectivity index (χ3n) is 6.46. The van der Waals surface area contributed by atoms with Crippen molar-refractivity contribution in [1.29, 1.82) is 0 Å². The van der Waals surface area contributed by atoms with Crippen molar-refractivity contribution in [2.45, 2.75) is 37.3 Å². The highest BCUT2D eigenvalue weighted by atomic mass is 32.1. The summed E-state index contributed by atoms with van der Waals surface area (Å²) < 4.78 is 16.3. The standard InChI is InChI=1S/C23H25N3O6S/c1-30-16-5-3-2-4-12(16)10-24-22(29)14-9-15(27)21(28)19-20(14)26(23(33)25-19)13-6-7-17-18(8-13)32-11-31-17/h2-8,14-15,19-21,27-28H,9-11H2,1H3,(H,24,29)(H,25,33)/t14-,15-,19-,20-,21+/m1/s1. The molecular weight excluding hydrogens is 446 g/mol. The Kier molecular flexibility index (Phi) is 5.73. The summed E-state index contributed by atoms with van der Waals surface area (Å²) in [5, 5.41) is 27.6. The summed E-state index contributed by atoms with van der Waals surface area (Å²) >= 11 is 5.57. The lowest BCUT2D eigenvalue weighted by Crippen LogP contribution is -2.60. The smallest absolute Gasteiger partial charge is 0.231 e. The van der Waals surface area contributed by atoms with Crippen LogP contribution in [0.25, 0.3) is 0 Å². The van der Waals surface area contributed by atoms with E-state index in [4.69, 9.17) is 26.4 Å². The maximum absolute atomic E-state index is 13.3. The van der Waals surface area contributed by atoms with Crippen LogP contribution in [0.3, 0.4) is 0 Å². The molecule has 4 N–H and O–H groups in total. The molecule has 3 aliphatic rings. The Bertz CT molecular complexity index is 1080. The Balaban J connectivity index is 1.42. The van der Waals surface area contributed by atoms with Gasteiger partial charge >= 0.3 is 0 Å². The van der Waals surface area contributed by atoms with Crippen LogP contribution in [-0.2, 0) is 11.3 Å². The summed E-state index contributed by atoms with van der Waals surface area (Å²) in [4.78, 5) is 15.2. The Labute approximate surface area is 196 Å². The summed E-state index contributed by atoms with van der Waals surface area (Å²) in [5.74, 6) is 1.05. The minimum absolute atomic E-state index is 0.103. The number of ether oxygens (including phenoxy) is 3. The highest BCUT2D eigenvalue weighted by Gasteiger charge is 2.54. The molecule has 1 saturated heterocycles. The van der Waals surface area contributed by atoms with E-state index in [0.29, 0.717) is 22.4 Å². The molecule has 2 heterocycles. The number of para-hydroxylation sites is 1. The van der Waals surface area contributed by atoms with Crippen LogP contribution < -0.4 is 29.7 Å². The summed E-state index contributed by atoms with van der Waals surface area (Å²) in [6.07, 6.45) is -2.02. The number of hydrogen-bond donors (Lipinski definition) is 4. The van der Waals surface area contributed by atoms with Gasteiger partial charge in [0.15, 0.2) is 16.6 Å². The first-order valence-corrected chi connectivity index (χ1v) is 11.1. The number of nitrogens with zero attached hydrogens (tertiary/aromatic N) is 1. The van der Waals surface area contributed by atoms with Gasteiger partial charge < -0.3 is 40.0 Å². The van der Waals surface area contributed by atoms with Crippen molar-refractivity contribution in [3.8, 4) is 17.2 Å². The average Bonchev–Trinajstić information content (AvgIpc) is 3.43. The fourth-order valence-corrected chi connectivity index (χ4v) is 5.20. The summed E-state index contributed by atoms with van der Waals surface area (Å²) in [7, 11) is 1.58. The molecule has 0 unspecified atom stereocenters. The number of carbonyl (C=O) groups is 1. The maximum atomic E-state index is 13.3. The minimum Gasteiger partial charge on any atom is -0.496 e. The van der Waals surface area contributed by atoms with E-state index in [9.17, 15) is 15.0 Å². The zero-order chi connectivity index (χ0) is 23.1. The largest absolute Gasteiger partial charge is 0.496 e. The van der Waals surface area contributed by atoms with Crippen LogP contribution in [0.5, 0.6) is 17.2 Å². The van der Waals surface area contributed by atoms with Gasteiger partial charge in [-0.3, -0.25) is 4.79 Å². The fraction of sp³-hybridized carbons (Fsp3) is 0.391. The van der Waals surface area contributed by atoms with Crippen LogP contribution in [0.1, 0.15) is 12.0 Å². The van der Waals surface area contributed by atoms with Gasteiger partial charge in [-0.05, 0) is 36.8 Å². The molecule has 2 fully saturated rings. The molecule has 0 radical (unpaired) electrons. The molecule has 5 rings (SSSR count). The number of hydrogen-bond acceptors (Lipinski definition) is 7. The SMILES string of the molecule is COc1ccccc1CNC(=O)[C@@H]1C[C@@H](O)[C@H](O)[C@@H]2NC(=S)N(c3ccc4c(c3)OCO4)[C@@H]21. The molecule has 0 spiro atoms. The number of fused-ring (bicyclic) bond motifs is 2. The van der Waals surface area contributed by atoms with Crippen LogP contribution >= 0.6 is 12.2 Å². The van der Waals surface area contributed by atoms with Gasteiger partial charge in [0.1, 0.15) is 11.9 Å². The average molecular weight is 472 g/mol. The fourth-order valence-electron chi connectivity index (χ4n) is 4.84. The van der Waals surface area contributed by atoms with E-state index in [1.54, 1.807) is 19.2 Å². The number of amides is 1. The van der Waals surface area contributed by atoms with Gasteiger partial charge in [0, 0.05) is 23.9 Å². The molecule has 1 saturated carbocycles. The molecule has 9 nitrogen and oxygen atoms in total. The Hall–Kier alpha value is -3.08. The van der Waals surface area contributed by atoms with E-state index in [1.807, 2.05) is 35.2 Å². The minimum atomic E-state index is -1.06. The topological polar surface area (TPSA) is 113 Å². The van der Waals surface area contributed by atoms with Crippen LogP contribution in [0.4, 0.5) is 5.69 Å². The van der Waals surface area contributed by atoms with Crippen molar-refractivity contribution in [3.63, 3.8) is 0 Å². The van der Waals surface area contributed by atoms with Gasteiger partial charge in [-0.1, -0.05) is 18.2 Å². The highest BCUT2D eigenvalue weighted by Crippen LogP contribution is 2.41. The van der Waals surface area contributed by atoms with Crippen LogP contribution in [0.15, 0.2) is 42.5 Å². The van der Waals surface area contributed by atoms with Gasteiger partial charge in [0.25, 0.3) is 0 Å². The van der Waals surface area contributed by atoms with Crippen LogP contribution in [-0.4, -0.2) is 59.4 Å². The second kappa shape index (κ2) is 8.69. The molecule has 174 valence electrons. The van der Waals surface area contributed by atoms with Gasteiger partial charge in [-0.2, -0.15) is 0 Å². The van der Waals surface area contributed by atoms with Gasteiger partial charge in [0.2, 0.25) is 12.7 Å². The summed E-state index contributed by atoms with van der Waals surface area (Å²) in [6, 6.07) is 11.8. The predicted octanol–water partition coefficient (Wildman–Crippen LogP) is 0.914. The first-order valence-electron chi connectivity index (χ1n) is 10.7. The molecule has 2 aliphatic heterocycles. The third-order valence-corrected chi connectivity index (χ3v) is 6.78. The molecule has 0 aromatic heterocycles. The lowest BCUT2D eigenvalue weighted by atomic mass is 9.77. The molecule has 33 heavy (non-hydrogen) atoms. The van der Waals surface area contributed by atoms with Crippen LogP contribution in [0, 0.1) is 5.92 Å². The van der Waals surface area contributed by atoms with Gasteiger partial charge in [0.05, 0.1) is 31.2 Å². The number of nitrogens with one attached hydrogen (secondary N) is 2. The monoisotopic (exact) mass is 471 g/mol.